The van der Waals surface area contributed by atoms with Crippen molar-refractivity contribution in [3.63, 3.8) is 0 Å². The van der Waals surface area contributed by atoms with Crippen LogP contribution in [0.1, 0.15) is 15.2 Å². The van der Waals surface area contributed by atoms with Gasteiger partial charge in [-0.3, -0.25) is 4.72 Å². The van der Waals surface area contributed by atoms with Crippen molar-refractivity contribution >= 4 is 32.5 Å². The number of morpholine rings is 1. The number of nitrogens with one attached hydrogen (secondary N) is 1. The third-order valence-electron chi connectivity index (χ3n) is 2.65. The molecule has 0 aliphatic carbocycles. The Balaban J connectivity index is 2.15. The third kappa shape index (κ3) is 3.24. The van der Waals surface area contributed by atoms with Crippen LogP contribution in [0.3, 0.4) is 0 Å². The van der Waals surface area contributed by atoms with Gasteiger partial charge in [0.25, 0.3) is 0 Å². The Morgan fingerprint density at radius 3 is 2.63 bits per heavy atom. The Bertz CT molecular complexity index is 575. The van der Waals surface area contributed by atoms with E-state index in [-0.39, 0.29) is 4.88 Å². The highest BCUT2D eigenvalue weighted by molar-refractivity contribution is 7.90. The summed E-state index contributed by atoms with van der Waals surface area (Å²) in [4.78, 5) is 11.0. The van der Waals surface area contributed by atoms with Gasteiger partial charge < -0.3 is 9.84 Å². The quantitative estimate of drug-likeness (QED) is 0.855. The van der Waals surface area contributed by atoms with Gasteiger partial charge in [-0.15, -0.1) is 11.3 Å². The lowest BCUT2D eigenvalue weighted by Gasteiger charge is -2.25. The van der Waals surface area contributed by atoms with E-state index in [4.69, 9.17) is 9.84 Å². The molecule has 1 fully saturated rings. The van der Waals surface area contributed by atoms with Crippen LogP contribution in [0.15, 0.2) is 6.07 Å². The normalized spacial score (nSPS) is 17.3. The minimum absolute atomic E-state index is 0.139. The maximum Gasteiger partial charge on any atom is 0.346 e. The summed E-state index contributed by atoms with van der Waals surface area (Å²) in [6.45, 7) is 2.96. The molecule has 2 N–H and O–H groups in total. The maximum absolute atomic E-state index is 12.1. The Hall–Kier alpha value is -1.16. The minimum atomic E-state index is -3.64. The molecule has 0 aromatic carbocycles. The molecule has 0 amide bonds. The lowest BCUT2D eigenvalue weighted by atomic mass is 10.3. The zero-order valence-corrected chi connectivity index (χ0v) is 11.9. The van der Waals surface area contributed by atoms with Crippen molar-refractivity contribution in [3.05, 3.63) is 16.5 Å². The zero-order valence-electron chi connectivity index (χ0n) is 10.2. The molecule has 1 aliphatic heterocycles. The molecule has 0 saturated carbocycles. The van der Waals surface area contributed by atoms with Crippen LogP contribution in [0.25, 0.3) is 0 Å². The van der Waals surface area contributed by atoms with Crippen molar-refractivity contribution in [2.24, 2.45) is 0 Å². The van der Waals surface area contributed by atoms with E-state index in [2.05, 4.69) is 4.72 Å². The van der Waals surface area contributed by atoms with Crippen molar-refractivity contribution < 1.29 is 23.1 Å². The average molecular weight is 306 g/mol. The lowest BCUT2D eigenvalue weighted by Crippen LogP contribution is -2.43. The van der Waals surface area contributed by atoms with Gasteiger partial charge in [-0.2, -0.15) is 12.7 Å². The number of carboxylic acids is 1. The molecule has 0 atom stereocenters. The molecule has 0 unspecified atom stereocenters. The van der Waals surface area contributed by atoms with Crippen LogP contribution in [0.5, 0.6) is 0 Å². The number of rotatable bonds is 4. The predicted octanol–water partition coefficient (Wildman–Crippen LogP) is 0.744. The van der Waals surface area contributed by atoms with Crippen molar-refractivity contribution in [2.45, 2.75) is 6.92 Å². The molecule has 1 saturated heterocycles. The number of aryl methyl sites for hydroxylation is 1. The number of carbonyl (C=O) groups is 1. The fourth-order valence-electron chi connectivity index (χ4n) is 1.72. The number of hydrogen-bond donors (Lipinski definition) is 2. The average Bonchev–Trinajstić information content (AvgIpc) is 2.71. The van der Waals surface area contributed by atoms with Crippen LogP contribution >= 0.6 is 11.3 Å². The van der Waals surface area contributed by atoms with Gasteiger partial charge in [-0.05, 0) is 18.6 Å². The second kappa shape index (κ2) is 5.45. The second-order valence-corrected chi connectivity index (χ2v) is 6.77. The molecule has 19 heavy (non-hydrogen) atoms. The molecular weight excluding hydrogens is 292 g/mol. The number of anilines is 1. The molecule has 0 radical (unpaired) electrons. The summed E-state index contributed by atoms with van der Waals surface area (Å²) in [5.74, 6) is -1.06. The first-order valence-corrected chi connectivity index (χ1v) is 7.85. The molecule has 1 aliphatic rings. The Morgan fingerprint density at radius 1 is 1.47 bits per heavy atom. The van der Waals surface area contributed by atoms with Crippen molar-refractivity contribution in [1.29, 1.82) is 0 Å². The first-order valence-electron chi connectivity index (χ1n) is 5.59. The van der Waals surface area contributed by atoms with E-state index in [0.717, 1.165) is 11.3 Å². The molecule has 9 heteroatoms. The van der Waals surface area contributed by atoms with E-state index in [9.17, 15) is 13.2 Å². The summed E-state index contributed by atoms with van der Waals surface area (Å²) in [5.41, 5.74) is 0.539. The molecule has 0 spiro atoms. The Morgan fingerprint density at radius 2 is 2.11 bits per heavy atom. The minimum Gasteiger partial charge on any atom is -0.477 e. The number of aromatic carboxylic acids is 1. The highest BCUT2D eigenvalue weighted by Gasteiger charge is 2.25. The fourth-order valence-corrected chi connectivity index (χ4v) is 4.04. The van der Waals surface area contributed by atoms with Crippen molar-refractivity contribution in [3.8, 4) is 0 Å². The van der Waals surface area contributed by atoms with Crippen molar-refractivity contribution in [1.82, 2.24) is 4.31 Å². The van der Waals surface area contributed by atoms with E-state index < -0.39 is 16.2 Å². The van der Waals surface area contributed by atoms with Gasteiger partial charge in [0.1, 0.15) is 9.88 Å². The van der Waals surface area contributed by atoms with Crippen LogP contribution in [-0.2, 0) is 14.9 Å². The van der Waals surface area contributed by atoms with Gasteiger partial charge in [0.15, 0.2) is 0 Å². The number of carboxylic acid groups (broad SMARTS) is 1. The second-order valence-electron chi connectivity index (χ2n) is 4.05. The molecule has 0 bridgehead atoms. The fraction of sp³-hybridized carbons (Fsp3) is 0.500. The molecule has 106 valence electrons. The van der Waals surface area contributed by atoms with Gasteiger partial charge in [0.05, 0.1) is 13.2 Å². The monoisotopic (exact) mass is 306 g/mol. The van der Waals surface area contributed by atoms with E-state index in [1.165, 1.54) is 10.4 Å². The first-order chi connectivity index (χ1) is 8.90. The molecule has 1 aromatic heterocycles. The smallest absolute Gasteiger partial charge is 0.346 e. The summed E-state index contributed by atoms with van der Waals surface area (Å²) in [5, 5.41) is 9.24. The van der Waals surface area contributed by atoms with E-state index in [1.54, 1.807) is 6.92 Å². The SMILES string of the molecule is Cc1cc(NS(=O)(=O)N2CCOCC2)sc1C(=O)O. The highest BCUT2D eigenvalue weighted by Crippen LogP contribution is 2.27. The number of thiophene rings is 1. The Labute approximate surface area is 115 Å². The summed E-state index contributed by atoms with van der Waals surface area (Å²) in [7, 11) is -3.64. The highest BCUT2D eigenvalue weighted by atomic mass is 32.2. The van der Waals surface area contributed by atoms with Crippen LogP contribution in [0.2, 0.25) is 0 Å². The van der Waals surface area contributed by atoms with Gasteiger partial charge in [-0.25, -0.2) is 4.79 Å². The van der Waals surface area contributed by atoms with E-state index >= 15 is 0 Å². The van der Waals surface area contributed by atoms with Gasteiger partial charge in [0, 0.05) is 13.1 Å². The van der Waals surface area contributed by atoms with E-state index in [0.29, 0.717) is 36.9 Å². The molecule has 1 aromatic rings. The molecule has 2 rings (SSSR count). The van der Waals surface area contributed by atoms with Crippen LogP contribution in [0, 0.1) is 6.92 Å². The molecular formula is C10H14N2O5S2. The number of hydrogen-bond acceptors (Lipinski definition) is 5. The lowest BCUT2D eigenvalue weighted by molar-refractivity contribution is 0.0701. The Kier molecular flexibility index (Phi) is 4.09. The summed E-state index contributed by atoms with van der Waals surface area (Å²) in [6, 6.07) is 1.52. The summed E-state index contributed by atoms with van der Waals surface area (Å²) in [6.07, 6.45) is 0. The van der Waals surface area contributed by atoms with Gasteiger partial charge in [0.2, 0.25) is 0 Å². The van der Waals surface area contributed by atoms with Crippen LogP contribution in [-0.4, -0.2) is 50.1 Å². The third-order valence-corrected chi connectivity index (χ3v) is 5.44. The standard InChI is InChI=1S/C10H14N2O5S2/c1-7-6-8(18-9(7)10(13)14)11-19(15,16)12-2-4-17-5-3-12/h6,11H,2-5H2,1H3,(H,13,14). The first kappa shape index (κ1) is 14.3. The molecule has 7 nitrogen and oxygen atoms in total. The van der Waals surface area contributed by atoms with Crippen LogP contribution < -0.4 is 4.72 Å². The predicted molar refractivity (Wildman–Crippen MR) is 70.9 cm³/mol. The molecule has 2 heterocycles. The zero-order chi connectivity index (χ0) is 14.0. The van der Waals surface area contributed by atoms with Gasteiger partial charge >= 0.3 is 16.2 Å². The maximum atomic E-state index is 12.1. The van der Waals surface area contributed by atoms with Crippen LogP contribution in [0.4, 0.5) is 5.00 Å². The number of ether oxygens (including phenoxy) is 1. The summed E-state index contributed by atoms with van der Waals surface area (Å²) < 4.78 is 32.9. The summed E-state index contributed by atoms with van der Waals surface area (Å²) >= 11 is 0.911. The largest absolute Gasteiger partial charge is 0.477 e. The van der Waals surface area contributed by atoms with Crippen molar-refractivity contribution in [2.75, 3.05) is 31.0 Å². The topological polar surface area (TPSA) is 95.9 Å². The number of nitrogens with zero attached hydrogens (tertiary/aromatic N) is 1. The van der Waals surface area contributed by atoms with Gasteiger partial charge in [-0.1, -0.05) is 0 Å². The van der Waals surface area contributed by atoms with E-state index in [1.807, 2.05) is 0 Å².